The molecule has 5 nitrogen and oxygen atoms in total. The number of nitrogens with zero attached hydrogens (tertiary/aromatic N) is 1. The van der Waals surface area contributed by atoms with Crippen molar-refractivity contribution in [1.29, 1.82) is 0 Å². The summed E-state index contributed by atoms with van der Waals surface area (Å²) >= 11 is 0. The average molecular weight is 357 g/mol. The van der Waals surface area contributed by atoms with Gasteiger partial charge in [-0.25, -0.2) is 0 Å². The molecule has 1 fully saturated rings. The number of piperidine rings is 1. The molecule has 26 heavy (non-hydrogen) atoms. The van der Waals surface area contributed by atoms with E-state index in [9.17, 15) is 4.79 Å². The Morgan fingerprint density at radius 3 is 2.62 bits per heavy atom. The van der Waals surface area contributed by atoms with Crippen LogP contribution in [-0.4, -0.2) is 57.4 Å². The van der Waals surface area contributed by atoms with Crippen LogP contribution < -0.4 is 4.74 Å². The lowest BCUT2D eigenvalue weighted by molar-refractivity contribution is -0.135. The van der Waals surface area contributed by atoms with Gasteiger partial charge in [0.25, 0.3) is 5.91 Å². The Bertz CT molecular complexity index is 710. The van der Waals surface area contributed by atoms with Crippen molar-refractivity contribution in [2.45, 2.75) is 12.8 Å². The first-order chi connectivity index (χ1) is 12.8. The zero-order valence-electron chi connectivity index (χ0n) is 15.4. The van der Waals surface area contributed by atoms with E-state index in [1.165, 1.54) is 5.39 Å². The second kappa shape index (κ2) is 9.55. The van der Waals surface area contributed by atoms with Gasteiger partial charge in [-0.3, -0.25) is 4.79 Å². The molecule has 1 saturated heterocycles. The molecule has 1 heterocycles. The molecular formula is C21H27NO4. The minimum atomic E-state index is 0.0527. The van der Waals surface area contributed by atoms with Crippen molar-refractivity contribution in [2.24, 2.45) is 5.92 Å². The van der Waals surface area contributed by atoms with Crippen molar-refractivity contribution >= 4 is 16.7 Å². The Kier molecular flexibility index (Phi) is 6.86. The number of carbonyl (C=O) groups is 1. The Labute approximate surface area is 154 Å². The molecule has 5 heteroatoms. The third-order valence-corrected chi connectivity index (χ3v) is 4.84. The van der Waals surface area contributed by atoms with Gasteiger partial charge >= 0.3 is 0 Å². The van der Waals surface area contributed by atoms with Gasteiger partial charge in [0.1, 0.15) is 5.75 Å². The summed E-state index contributed by atoms with van der Waals surface area (Å²) in [6, 6.07) is 14.0. The molecule has 1 aliphatic heterocycles. The van der Waals surface area contributed by atoms with Gasteiger partial charge in [0.15, 0.2) is 6.61 Å². The van der Waals surface area contributed by atoms with Gasteiger partial charge in [-0.1, -0.05) is 30.3 Å². The Balaban J connectivity index is 1.41. The Morgan fingerprint density at radius 1 is 1.08 bits per heavy atom. The summed E-state index contributed by atoms with van der Waals surface area (Å²) in [5, 5.41) is 2.28. The minimum absolute atomic E-state index is 0.0527. The van der Waals surface area contributed by atoms with Crippen LogP contribution in [0.15, 0.2) is 42.5 Å². The number of amides is 1. The summed E-state index contributed by atoms with van der Waals surface area (Å²) in [6.45, 7) is 3.65. The predicted molar refractivity (Wildman–Crippen MR) is 101 cm³/mol. The van der Waals surface area contributed by atoms with E-state index in [1.807, 2.05) is 41.3 Å². The van der Waals surface area contributed by atoms with Crippen LogP contribution in [0.25, 0.3) is 10.8 Å². The fourth-order valence-electron chi connectivity index (χ4n) is 3.23. The number of ether oxygens (including phenoxy) is 3. The van der Waals surface area contributed by atoms with Gasteiger partial charge in [-0.15, -0.1) is 0 Å². The highest BCUT2D eigenvalue weighted by atomic mass is 16.5. The zero-order valence-corrected chi connectivity index (χ0v) is 15.4. The van der Waals surface area contributed by atoms with Crippen LogP contribution in [0.1, 0.15) is 12.8 Å². The van der Waals surface area contributed by atoms with E-state index in [0.29, 0.717) is 19.1 Å². The van der Waals surface area contributed by atoms with Crippen LogP contribution in [-0.2, 0) is 14.3 Å². The molecule has 140 valence electrons. The van der Waals surface area contributed by atoms with Crippen molar-refractivity contribution in [1.82, 2.24) is 4.90 Å². The molecule has 0 radical (unpaired) electrons. The molecule has 0 saturated carbocycles. The standard InChI is InChI=1S/C21H27NO4/c1-24-12-13-25-15-17-8-10-22(11-9-17)21(23)16-26-20-7-6-18-4-2-3-5-19(18)14-20/h2-7,14,17H,8-13,15-16H2,1H3. The fourth-order valence-corrected chi connectivity index (χ4v) is 3.23. The Hall–Kier alpha value is -2.11. The highest BCUT2D eigenvalue weighted by Gasteiger charge is 2.23. The number of likely N-dealkylation sites (tertiary alicyclic amines) is 1. The number of methoxy groups -OCH3 is 1. The molecule has 0 unspecified atom stereocenters. The number of carbonyl (C=O) groups excluding carboxylic acids is 1. The van der Waals surface area contributed by atoms with E-state index >= 15 is 0 Å². The first-order valence-corrected chi connectivity index (χ1v) is 9.22. The summed E-state index contributed by atoms with van der Waals surface area (Å²) in [6.07, 6.45) is 1.96. The second-order valence-corrected chi connectivity index (χ2v) is 6.69. The number of fused-ring (bicyclic) bond motifs is 1. The summed E-state index contributed by atoms with van der Waals surface area (Å²) in [4.78, 5) is 14.3. The smallest absolute Gasteiger partial charge is 0.260 e. The van der Waals surface area contributed by atoms with Crippen molar-refractivity contribution in [3.05, 3.63) is 42.5 Å². The van der Waals surface area contributed by atoms with Crippen LogP contribution >= 0.6 is 0 Å². The molecule has 0 atom stereocenters. The highest BCUT2D eigenvalue weighted by molar-refractivity contribution is 5.84. The van der Waals surface area contributed by atoms with Crippen LogP contribution in [0, 0.1) is 5.92 Å². The third kappa shape index (κ3) is 5.19. The van der Waals surface area contributed by atoms with Gasteiger partial charge in [0.05, 0.1) is 13.2 Å². The summed E-state index contributed by atoms with van der Waals surface area (Å²) < 4.78 is 16.3. The monoisotopic (exact) mass is 357 g/mol. The largest absolute Gasteiger partial charge is 0.484 e. The van der Waals surface area contributed by atoms with Gasteiger partial charge in [-0.05, 0) is 41.7 Å². The molecule has 0 aliphatic carbocycles. The zero-order chi connectivity index (χ0) is 18.2. The molecule has 1 amide bonds. The minimum Gasteiger partial charge on any atom is -0.484 e. The maximum absolute atomic E-state index is 12.4. The second-order valence-electron chi connectivity index (χ2n) is 6.69. The molecule has 1 aliphatic rings. The van der Waals surface area contributed by atoms with E-state index < -0.39 is 0 Å². The topological polar surface area (TPSA) is 48.0 Å². The van der Waals surface area contributed by atoms with E-state index in [-0.39, 0.29) is 12.5 Å². The average Bonchev–Trinajstić information content (AvgIpc) is 2.70. The highest BCUT2D eigenvalue weighted by Crippen LogP contribution is 2.21. The molecule has 0 aromatic heterocycles. The van der Waals surface area contributed by atoms with Crippen molar-refractivity contribution in [3.63, 3.8) is 0 Å². The lowest BCUT2D eigenvalue weighted by Crippen LogP contribution is -2.41. The first-order valence-electron chi connectivity index (χ1n) is 9.22. The van der Waals surface area contributed by atoms with Crippen LogP contribution in [0.5, 0.6) is 5.75 Å². The van der Waals surface area contributed by atoms with Gasteiger partial charge in [0.2, 0.25) is 0 Å². The van der Waals surface area contributed by atoms with Crippen LogP contribution in [0.4, 0.5) is 0 Å². The van der Waals surface area contributed by atoms with E-state index in [1.54, 1.807) is 7.11 Å². The number of hydrogen-bond donors (Lipinski definition) is 0. The molecule has 2 aromatic rings. The number of hydrogen-bond acceptors (Lipinski definition) is 4. The van der Waals surface area contributed by atoms with E-state index in [2.05, 4.69) is 6.07 Å². The number of rotatable bonds is 8. The van der Waals surface area contributed by atoms with Gasteiger partial charge < -0.3 is 19.1 Å². The van der Waals surface area contributed by atoms with Crippen molar-refractivity contribution < 1.29 is 19.0 Å². The molecule has 0 N–H and O–H groups in total. The van der Waals surface area contributed by atoms with Crippen molar-refractivity contribution in [3.8, 4) is 5.75 Å². The predicted octanol–water partition coefficient (Wildman–Crippen LogP) is 3.12. The third-order valence-electron chi connectivity index (χ3n) is 4.84. The quantitative estimate of drug-likeness (QED) is 0.681. The van der Waals surface area contributed by atoms with Gasteiger partial charge in [-0.2, -0.15) is 0 Å². The lowest BCUT2D eigenvalue weighted by Gasteiger charge is -2.31. The van der Waals surface area contributed by atoms with E-state index in [0.717, 1.165) is 43.7 Å². The molecule has 0 spiro atoms. The summed E-state index contributed by atoms with van der Waals surface area (Å²) in [7, 11) is 1.67. The van der Waals surface area contributed by atoms with Gasteiger partial charge in [0, 0.05) is 26.8 Å². The van der Waals surface area contributed by atoms with Crippen molar-refractivity contribution in [2.75, 3.05) is 46.6 Å². The normalized spacial score (nSPS) is 15.3. The maximum atomic E-state index is 12.4. The molecular weight excluding hydrogens is 330 g/mol. The van der Waals surface area contributed by atoms with Crippen LogP contribution in [0.2, 0.25) is 0 Å². The SMILES string of the molecule is COCCOCC1CCN(C(=O)COc2ccc3ccccc3c2)CC1. The summed E-state index contributed by atoms with van der Waals surface area (Å²) in [5.74, 6) is 1.31. The first kappa shape index (κ1) is 18.7. The van der Waals surface area contributed by atoms with Crippen LogP contribution in [0.3, 0.4) is 0 Å². The molecule has 0 bridgehead atoms. The Morgan fingerprint density at radius 2 is 1.85 bits per heavy atom. The molecule has 3 rings (SSSR count). The van der Waals surface area contributed by atoms with E-state index in [4.69, 9.17) is 14.2 Å². The maximum Gasteiger partial charge on any atom is 0.260 e. The molecule has 2 aromatic carbocycles. The lowest BCUT2D eigenvalue weighted by atomic mass is 9.98. The fraction of sp³-hybridized carbons (Fsp3) is 0.476. The number of benzene rings is 2. The summed E-state index contributed by atoms with van der Waals surface area (Å²) in [5.41, 5.74) is 0.